The highest BCUT2D eigenvalue weighted by molar-refractivity contribution is 14.0. The molecule has 0 spiro atoms. The minimum atomic E-state index is 0. The lowest BCUT2D eigenvalue weighted by molar-refractivity contribution is 0.0152. The second kappa shape index (κ2) is 10.1. The van der Waals surface area contributed by atoms with E-state index < -0.39 is 0 Å². The van der Waals surface area contributed by atoms with Crippen LogP contribution in [0.3, 0.4) is 0 Å². The summed E-state index contributed by atoms with van der Waals surface area (Å²) < 4.78 is 5.45. The Balaban J connectivity index is 0.00000208. The van der Waals surface area contributed by atoms with E-state index in [4.69, 9.17) is 4.74 Å². The minimum absolute atomic E-state index is 0. The number of ether oxygens (including phenoxy) is 1. The lowest BCUT2D eigenvalue weighted by atomic mass is 9.96. The molecule has 24 heavy (non-hydrogen) atoms. The molecule has 4 saturated heterocycles. The number of halogens is 1. The highest BCUT2D eigenvalue weighted by Gasteiger charge is 2.31. The molecule has 4 fully saturated rings. The number of fused-ring (bicyclic) bond motifs is 3. The van der Waals surface area contributed by atoms with Crippen molar-refractivity contribution in [3.8, 4) is 0 Å². The van der Waals surface area contributed by atoms with Gasteiger partial charge in [0.25, 0.3) is 0 Å². The van der Waals surface area contributed by atoms with E-state index >= 15 is 0 Å². The smallest absolute Gasteiger partial charge is 0.193 e. The van der Waals surface area contributed by atoms with Crippen LogP contribution in [0.2, 0.25) is 0 Å². The predicted molar refractivity (Wildman–Crippen MR) is 109 cm³/mol. The van der Waals surface area contributed by atoms with Crippen LogP contribution < -0.4 is 5.32 Å². The third-order valence-electron chi connectivity index (χ3n) is 5.68. The van der Waals surface area contributed by atoms with E-state index in [-0.39, 0.29) is 24.0 Å². The van der Waals surface area contributed by atoms with Crippen LogP contribution in [-0.4, -0.2) is 99.8 Å². The van der Waals surface area contributed by atoms with Crippen LogP contribution in [0.5, 0.6) is 0 Å². The van der Waals surface area contributed by atoms with Crippen LogP contribution in [0, 0.1) is 5.92 Å². The Bertz CT molecular complexity index is 394. The number of guanidine groups is 1. The lowest BCUT2D eigenvalue weighted by Gasteiger charge is -2.47. The lowest BCUT2D eigenvalue weighted by Crippen LogP contribution is -2.63. The number of aliphatic imine (C=N–C) groups is 1. The molecule has 0 aromatic rings. The molecule has 0 aliphatic carbocycles. The molecular formula is C17H34IN5O. The van der Waals surface area contributed by atoms with E-state index in [1.807, 2.05) is 7.05 Å². The zero-order valence-electron chi connectivity index (χ0n) is 15.2. The van der Waals surface area contributed by atoms with Gasteiger partial charge in [-0.25, -0.2) is 0 Å². The van der Waals surface area contributed by atoms with Gasteiger partial charge in [0.15, 0.2) is 5.96 Å². The van der Waals surface area contributed by atoms with Crippen LogP contribution in [0.1, 0.15) is 19.3 Å². The number of nitrogens with zero attached hydrogens (tertiary/aromatic N) is 4. The molecule has 140 valence electrons. The van der Waals surface area contributed by atoms with Crippen molar-refractivity contribution in [1.29, 1.82) is 0 Å². The summed E-state index contributed by atoms with van der Waals surface area (Å²) in [5.41, 5.74) is 0. The average Bonchev–Trinajstić information content (AvgIpc) is 2.62. The fourth-order valence-electron chi connectivity index (χ4n) is 4.03. The molecule has 1 atom stereocenters. The summed E-state index contributed by atoms with van der Waals surface area (Å²) in [4.78, 5) is 12.0. The molecule has 2 bridgehead atoms. The van der Waals surface area contributed by atoms with Crippen molar-refractivity contribution in [3.63, 3.8) is 0 Å². The molecule has 4 aliphatic heterocycles. The molecule has 4 heterocycles. The van der Waals surface area contributed by atoms with Gasteiger partial charge in [0.2, 0.25) is 0 Å². The molecule has 1 N–H and O–H groups in total. The molecule has 4 aliphatic rings. The third kappa shape index (κ3) is 5.44. The van der Waals surface area contributed by atoms with Crippen molar-refractivity contribution in [2.24, 2.45) is 10.9 Å². The Hall–Kier alpha value is -0.120. The molecule has 0 aromatic carbocycles. The Morgan fingerprint density at radius 2 is 1.92 bits per heavy atom. The molecule has 0 aromatic heterocycles. The largest absolute Gasteiger partial charge is 0.381 e. The Morgan fingerprint density at radius 1 is 1.21 bits per heavy atom. The van der Waals surface area contributed by atoms with Crippen molar-refractivity contribution in [2.75, 3.05) is 73.1 Å². The van der Waals surface area contributed by atoms with Crippen LogP contribution in [0.15, 0.2) is 4.99 Å². The molecule has 0 amide bonds. The highest BCUT2D eigenvalue weighted by Crippen LogP contribution is 2.18. The number of piperazine rings is 3. The zero-order valence-corrected chi connectivity index (χ0v) is 17.6. The summed E-state index contributed by atoms with van der Waals surface area (Å²) in [7, 11) is 4.05. The quantitative estimate of drug-likeness (QED) is 0.383. The summed E-state index contributed by atoms with van der Waals surface area (Å²) in [5.74, 6) is 1.85. The van der Waals surface area contributed by atoms with Crippen molar-refractivity contribution in [1.82, 2.24) is 20.0 Å². The first kappa shape index (κ1) is 20.2. The number of nitrogens with one attached hydrogen (secondary N) is 1. The SMILES string of the molecule is CN=C(NCC1CN2CCN1CC2)N(C)CCC1CCOCC1.I. The maximum Gasteiger partial charge on any atom is 0.193 e. The van der Waals surface area contributed by atoms with E-state index in [1.165, 1.54) is 52.0 Å². The van der Waals surface area contributed by atoms with Gasteiger partial charge >= 0.3 is 0 Å². The molecule has 1 unspecified atom stereocenters. The normalized spacial score (nSPS) is 30.8. The average molecular weight is 451 g/mol. The first-order valence-corrected chi connectivity index (χ1v) is 9.22. The fourth-order valence-corrected chi connectivity index (χ4v) is 4.03. The van der Waals surface area contributed by atoms with Crippen molar-refractivity contribution < 1.29 is 4.74 Å². The monoisotopic (exact) mass is 451 g/mol. The Morgan fingerprint density at radius 3 is 2.50 bits per heavy atom. The van der Waals surface area contributed by atoms with Crippen molar-refractivity contribution >= 4 is 29.9 Å². The number of hydrogen-bond acceptors (Lipinski definition) is 4. The maximum atomic E-state index is 5.45. The third-order valence-corrected chi connectivity index (χ3v) is 5.68. The Kier molecular flexibility index (Phi) is 8.53. The van der Waals surface area contributed by atoms with Crippen molar-refractivity contribution in [3.05, 3.63) is 0 Å². The highest BCUT2D eigenvalue weighted by atomic mass is 127. The number of rotatable bonds is 5. The van der Waals surface area contributed by atoms with Crippen molar-refractivity contribution in [2.45, 2.75) is 25.3 Å². The van der Waals surface area contributed by atoms with E-state index in [0.717, 1.165) is 38.2 Å². The summed E-state index contributed by atoms with van der Waals surface area (Å²) in [5, 5.41) is 3.59. The van der Waals surface area contributed by atoms with E-state index in [9.17, 15) is 0 Å². The molecule has 0 saturated carbocycles. The fraction of sp³-hybridized carbons (Fsp3) is 0.941. The second-order valence-electron chi connectivity index (χ2n) is 7.18. The van der Waals surface area contributed by atoms with E-state index in [1.54, 1.807) is 0 Å². The van der Waals surface area contributed by atoms with Crippen LogP contribution >= 0.6 is 24.0 Å². The molecule has 4 rings (SSSR count). The summed E-state index contributed by atoms with van der Waals surface area (Å²) >= 11 is 0. The first-order valence-electron chi connectivity index (χ1n) is 9.22. The molecular weight excluding hydrogens is 417 g/mol. The van der Waals surface area contributed by atoms with Gasteiger partial charge in [-0.2, -0.15) is 0 Å². The van der Waals surface area contributed by atoms with Gasteiger partial charge in [-0.1, -0.05) is 0 Å². The van der Waals surface area contributed by atoms with Crippen LogP contribution in [-0.2, 0) is 4.74 Å². The van der Waals surface area contributed by atoms with Gasteiger partial charge in [0, 0.05) is 79.2 Å². The predicted octanol–water partition coefficient (Wildman–Crippen LogP) is 0.928. The second-order valence-corrected chi connectivity index (χ2v) is 7.18. The summed E-state index contributed by atoms with van der Waals surface area (Å²) in [6.45, 7) is 10.1. The van der Waals surface area contributed by atoms with Gasteiger partial charge in [-0.05, 0) is 25.2 Å². The minimum Gasteiger partial charge on any atom is -0.381 e. The van der Waals surface area contributed by atoms with Crippen LogP contribution in [0.4, 0.5) is 0 Å². The van der Waals surface area contributed by atoms with Gasteiger partial charge in [0.05, 0.1) is 0 Å². The van der Waals surface area contributed by atoms with Gasteiger partial charge in [-0.3, -0.25) is 14.8 Å². The zero-order chi connectivity index (χ0) is 16.1. The summed E-state index contributed by atoms with van der Waals surface area (Å²) in [6.07, 6.45) is 3.67. The number of hydrogen-bond donors (Lipinski definition) is 1. The van der Waals surface area contributed by atoms with E-state index in [0.29, 0.717) is 6.04 Å². The maximum absolute atomic E-state index is 5.45. The van der Waals surface area contributed by atoms with Gasteiger partial charge < -0.3 is 15.0 Å². The van der Waals surface area contributed by atoms with E-state index in [2.05, 4.69) is 32.1 Å². The summed E-state index contributed by atoms with van der Waals surface area (Å²) in [6, 6.07) is 0.637. The van der Waals surface area contributed by atoms with Gasteiger partial charge in [-0.15, -0.1) is 24.0 Å². The molecule has 6 nitrogen and oxygen atoms in total. The molecule has 7 heteroatoms. The molecule has 0 radical (unpaired) electrons. The first-order chi connectivity index (χ1) is 11.3. The topological polar surface area (TPSA) is 43.3 Å². The van der Waals surface area contributed by atoms with Gasteiger partial charge in [0.1, 0.15) is 0 Å². The standard InChI is InChI=1S/C17H33N5O.HI/c1-18-17(20(2)6-3-15-4-11-23-12-5-15)19-13-16-14-21-7-9-22(16)10-8-21;/h15-16H,3-14H2,1-2H3,(H,18,19);1H. The Labute approximate surface area is 164 Å². The van der Waals surface area contributed by atoms with Crippen LogP contribution in [0.25, 0.3) is 0 Å².